The molecule has 170 valence electrons. The van der Waals surface area contributed by atoms with Crippen molar-refractivity contribution in [1.82, 2.24) is 0 Å². The molecule has 0 spiro atoms. The first-order valence-electron chi connectivity index (χ1n) is 6.97. The molecule has 0 bridgehead atoms. The Balaban J connectivity index is -0.000000359. The van der Waals surface area contributed by atoms with Crippen LogP contribution in [0.3, 0.4) is 0 Å². The molecule has 14 heteroatoms. The summed E-state index contributed by atoms with van der Waals surface area (Å²) in [5, 5.41) is 0. The second-order valence-electron chi connectivity index (χ2n) is 4.21. The molecular weight excluding hydrogens is 435 g/mol. The van der Waals surface area contributed by atoms with Crippen LogP contribution in [0.5, 0.6) is 0 Å². The average molecular weight is 451 g/mol. The summed E-state index contributed by atoms with van der Waals surface area (Å²) < 4.78 is 116. The fraction of sp³-hybridized carbons (Fsp3) is 0.400. The third-order valence-corrected chi connectivity index (χ3v) is 1.96. The van der Waals surface area contributed by atoms with Crippen molar-refractivity contribution in [2.45, 2.75) is 12.4 Å². The second-order valence-corrected chi connectivity index (χ2v) is 4.21. The van der Waals surface area contributed by atoms with Gasteiger partial charge in [0.05, 0.1) is 0 Å². The van der Waals surface area contributed by atoms with E-state index in [0.29, 0.717) is 5.69 Å². The van der Waals surface area contributed by atoms with Crippen LogP contribution >= 0.6 is 0 Å². The first-order chi connectivity index (χ1) is 13.3. The van der Waals surface area contributed by atoms with Crippen LogP contribution in [-0.4, -0.2) is 45.3 Å². The minimum Gasteiger partial charge on any atom is -0.281 e. The highest BCUT2D eigenvalue weighted by Gasteiger charge is 2.28. The van der Waals surface area contributed by atoms with Crippen molar-refractivity contribution in [3.05, 3.63) is 43.0 Å². The highest BCUT2D eigenvalue weighted by atomic mass is 19.4. The number of anilines is 1. The summed E-state index contributed by atoms with van der Waals surface area (Å²) in [5.74, 6) is 0. The topological polar surface area (TPSA) is 29.5 Å². The van der Waals surface area contributed by atoms with Gasteiger partial charge in [-0.1, -0.05) is 24.3 Å². The molecule has 1 rings (SSSR count). The Morgan fingerprint density at radius 2 is 1.41 bits per heavy atom. The molecule has 0 heterocycles. The Kier molecular flexibility index (Phi) is 19.1. The van der Waals surface area contributed by atoms with E-state index in [0.717, 1.165) is 4.90 Å². The number of rotatable bonds is 4. The van der Waals surface area contributed by atoms with Crippen LogP contribution in [0.15, 0.2) is 43.0 Å². The van der Waals surface area contributed by atoms with Crippen molar-refractivity contribution in [3.63, 3.8) is 0 Å². The van der Waals surface area contributed by atoms with Crippen LogP contribution in [0.2, 0.25) is 0 Å². The van der Waals surface area contributed by atoms with Gasteiger partial charge in [0.1, 0.15) is 0 Å². The first kappa shape index (κ1) is 31.3. The van der Waals surface area contributed by atoms with E-state index < -0.39 is 38.7 Å². The monoisotopic (exact) mass is 451 g/mol. The van der Waals surface area contributed by atoms with Crippen molar-refractivity contribution in [2.75, 3.05) is 31.7 Å². The Hall–Kier alpha value is -2.38. The van der Waals surface area contributed by atoms with Crippen molar-refractivity contribution < 1.29 is 58.2 Å². The third-order valence-electron chi connectivity index (χ3n) is 1.96. The number of carbonyl (C=O) groups excluding carboxylic acids is 1. The Morgan fingerprint density at radius 1 is 1.00 bits per heavy atom. The maximum absolute atomic E-state index is 12.5. The van der Waals surface area contributed by atoms with E-state index in [9.17, 15) is 53.2 Å². The lowest BCUT2D eigenvalue weighted by molar-refractivity contribution is -0.245. The zero-order valence-electron chi connectivity index (χ0n) is 14.4. The summed E-state index contributed by atoms with van der Waals surface area (Å²) in [4.78, 5) is 13.8. The first-order valence-corrected chi connectivity index (χ1v) is 6.97. The summed E-state index contributed by atoms with van der Waals surface area (Å²) in [6, 6.07) is 8.63. The molecule has 0 radical (unpaired) electrons. The van der Waals surface area contributed by atoms with Gasteiger partial charge in [0.25, 0.3) is 0 Å². The SMILES string of the molecule is C=CCN(C(=O)F)c1ccccc1.FCC(F)(F)F.FCF.FOCC(F)(F)F. The summed E-state index contributed by atoms with van der Waals surface area (Å²) in [5.41, 5.74) is 0.537. The quantitative estimate of drug-likeness (QED) is 0.223. The van der Waals surface area contributed by atoms with E-state index in [-0.39, 0.29) is 6.54 Å². The van der Waals surface area contributed by atoms with Crippen LogP contribution in [0, 0.1) is 0 Å². The molecule has 0 saturated carbocycles. The lowest BCUT2D eigenvalue weighted by atomic mass is 10.3. The predicted molar refractivity (Wildman–Crippen MR) is 82.7 cm³/mol. The normalized spacial score (nSPS) is 10.2. The highest BCUT2D eigenvalue weighted by Crippen LogP contribution is 2.15. The predicted octanol–water partition coefficient (Wildman–Crippen LogP) is 6.62. The highest BCUT2D eigenvalue weighted by molar-refractivity contribution is 5.86. The molecule has 0 aliphatic heterocycles. The van der Waals surface area contributed by atoms with Crippen LogP contribution in [0.25, 0.3) is 0 Å². The molecule has 0 fully saturated rings. The maximum Gasteiger partial charge on any atom is 0.416 e. The van der Waals surface area contributed by atoms with E-state index in [1.165, 1.54) is 6.08 Å². The molecule has 29 heavy (non-hydrogen) atoms. The van der Waals surface area contributed by atoms with Gasteiger partial charge in [0.15, 0.2) is 13.3 Å². The summed E-state index contributed by atoms with van der Waals surface area (Å²) in [6.45, 7) is -2.18. The molecule has 0 atom stereocenters. The minimum atomic E-state index is -4.62. The van der Waals surface area contributed by atoms with E-state index in [4.69, 9.17) is 0 Å². The molecule has 0 saturated heterocycles. The number of amides is 1. The number of benzene rings is 1. The number of hydrogen-bond acceptors (Lipinski definition) is 2. The lowest BCUT2D eigenvalue weighted by Crippen LogP contribution is -2.26. The fourth-order valence-electron chi connectivity index (χ4n) is 1.08. The number of carbonyl (C=O) groups is 1. The van der Waals surface area contributed by atoms with Gasteiger partial charge in [-0.05, 0) is 16.7 Å². The van der Waals surface area contributed by atoms with Crippen LogP contribution < -0.4 is 4.90 Å². The lowest BCUT2D eigenvalue weighted by Gasteiger charge is -2.15. The maximum atomic E-state index is 12.5. The van der Waals surface area contributed by atoms with Gasteiger partial charge >= 0.3 is 18.5 Å². The van der Waals surface area contributed by atoms with Crippen molar-refractivity contribution >= 4 is 11.8 Å². The minimum absolute atomic E-state index is 0.180. The molecule has 0 aromatic heterocycles. The number of alkyl halides is 9. The molecule has 1 aromatic carbocycles. The Labute approximate surface area is 158 Å². The summed E-state index contributed by atoms with van der Waals surface area (Å²) in [7, 11) is 0. The second kappa shape index (κ2) is 17.7. The van der Waals surface area contributed by atoms with Gasteiger partial charge in [0.2, 0.25) is 6.93 Å². The molecule has 1 amide bonds. The van der Waals surface area contributed by atoms with Crippen molar-refractivity contribution in [1.29, 1.82) is 0 Å². The smallest absolute Gasteiger partial charge is 0.281 e. The third kappa shape index (κ3) is 25.6. The number of halogens is 11. The summed E-state index contributed by atoms with van der Waals surface area (Å²) in [6.07, 6.45) is -9.16. The average Bonchev–Trinajstić information content (AvgIpc) is 2.60. The standard InChI is InChI=1S/C10H10FNO.C2H2F4O.C2H2F4.CH2F2/c1-2-8-12(10(11)13)9-6-4-3-5-7-9;3-2(4,5)1-7-6;3-1-2(4,5)6;2-1-3/h2-7H,1,8H2;1H2;1H2;1H2. The van der Waals surface area contributed by atoms with Gasteiger partial charge in [-0.3, -0.25) is 4.90 Å². The number of nitrogens with zero attached hydrogens (tertiary/aromatic N) is 1. The van der Waals surface area contributed by atoms with Gasteiger partial charge in [-0.25, -0.2) is 18.0 Å². The van der Waals surface area contributed by atoms with E-state index in [1.54, 1.807) is 30.3 Å². The molecule has 0 unspecified atom stereocenters. The van der Waals surface area contributed by atoms with E-state index in [2.05, 4.69) is 11.5 Å². The van der Waals surface area contributed by atoms with Gasteiger partial charge in [-0.15, -0.1) is 11.0 Å². The van der Waals surface area contributed by atoms with Crippen LogP contribution in [-0.2, 0) is 4.94 Å². The zero-order chi connectivity index (χ0) is 23.5. The molecule has 0 N–H and O–H groups in total. The van der Waals surface area contributed by atoms with Gasteiger partial charge < -0.3 is 0 Å². The molecule has 0 aliphatic carbocycles. The molecule has 1 aromatic rings. The van der Waals surface area contributed by atoms with Gasteiger partial charge in [-0.2, -0.15) is 31.3 Å². The Morgan fingerprint density at radius 3 is 1.62 bits per heavy atom. The largest absolute Gasteiger partial charge is 0.416 e. The van der Waals surface area contributed by atoms with Crippen LogP contribution in [0.1, 0.15) is 0 Å². The fourth-order valence-corrected chi connectivity index (χ4v) is 1.08. The van der Waals surface area contributed by atoms with Crippen LogP contribution in [0.4, 0.5) is 58.9 Å². The number of para-hydroxylation sites is 1. The van der Waals surface area contributed by atoms with E-state index in [1.807, 2.05) is 0 Å². The van der Waals surface area contributed by atoms with Crippen molar-refractivity contribution in [2.24, 2.45) is 0 Å². The molecular formula is C15H16F11NO2. The number of hydrogen-bond donors (Lipinski definition) is 0. The van der Waals surface area contributed by atoms with E-state index >= 15 is 0 Å². The molecule has 0 aliphatic rings. The zero-order valence-corrected chi connectivity index (χ0v) is 14.4. The molecule has 3 nitrogen and oxygen atoms in total. The van der Waals surface area contributed by atoms with Crippen molar-refractivity contribution in [3.8, 4) is 0 Å². The summed E-state index contributed by atoms with van der Waals surface area (Å²) >= 11 is 0. The van der Waals surface area contributed by atoms with Gasteiger partial charge in [0, 0.05) is 12.2 Å². The Bertz CT molecular complexity index is 521.